The van der Waals surface area contributed by atoms with Gasteiger partial charge in [-0.3, -0.25) is 4.79 Å². The van der Waals surface area contributed by atoms with Crippen LogP contribution in [0.2, 0.25) is 0 Å². The molecule has 0 unspecified atom stereocenters. The zero-order valence-electron chi connectivity index (χ0n) is 9.44. The van der Waals surface area contributed by atoms with E-state index in [2.05, 4.69) is 5.32 Å². The Bertz CT molecular complexity index is 641. The molecular weight excluding hydrogens is 240 g/mol. The second-order valence-electron chi connectivity index (χ2n) is 4.08. The third-order valence-corrected chi connectivity index (χ3v) is 3.48. The lowest BCUT2D eigenvalue weighted by Gasteiger charge is -2.03. The van der Waals surface area contributed by atoms with E-state index in [4.69, 9.17) is 5.14 Å². The lowest BCUT2D eigenvalue weighted by atomic mass is 10.0. The van der Waals surface area contributed by atoms with Gasteiger partial charge in [-0.2, -0.15) is 0 Å². The summed E-state index contributed by atoms with van der Waals surface area (Å²) in [5.41, 5.74) is 2.53. The first-order valence-electron chi connectivity index (χ1n) is 4.97. The molecule has 0 fully saturated rings. The smallest absolute Gasteiger partial charge is 0.256 e. The van der Waals surface area contributed by atoms with E-state index in [0.717, 1.165) is 5.57 Å². The van der Waals surface area contributed by atoms with Gasteiger partial charge in [0.1, 0.15) is 0 Å². The Labute approximate surface area is 99.4 Å². The molecule has 6 heteroatoms. The minimum Gasteiger partial charge on any atom is -0.321 e. The number of fused-ring (bicyclic) bond motifs is 1. The van der Waals surface area contributed by atoms with Crippen LogP contribution in [-0.4, -0.2) is 14.3 Å². The molecule has 3 N–H and O–H groups in total. The summed E-state index contributed by atoms with van der Waals surface area (Å²) in [4.78, 5) is 11.7. The average Bonchev–Trinajstić information content (AvgIpc) is 2.50. The van der Waals surface area contributed by atoms with Crippen molar-refractivity contribution in [1.29, 1.82) is 0 Å². The molecule has 17 heavy (non-hydrogen) atoms. The molecule has 1 amide bonds. The highest BCUT2D eigenvalue weighted by Gasteiger charge is 2.26. The predicted octanol–water partition coefficient (Wildman–Crippen LogP) is 1.08. The fraction of sp³-hybridized carbons (Fsp3) is 0.182. The highest BCUT2D eigenvalue weighted by Crippen LogP contribution is 2.34. The van der Waals surface area contributed by atoms with Crippen molar-refractivity contribution in [3.8, 4) is 0 Å². The number of sulfonamides is 1. The topological polar surface area (TPSA) is 89.3 Å². The van der Waals surface area contributed by atoms with Crippen LogP contribution in [0.1, 0.15) is 19.4 Å². The summed E-state index contributed by atoms with van der Waals surface area (Å²) in [5, 5.41) is 7.73. The first kappa shape index (κ1) is 11.8. The molecule has 0 bridgehead atoms. The van der Waals surface area contributed by atoms with Crippen molar-refractivity contribution in [2.24, 2.45) is 5.14 Å². The van der Waals surface area contributed by atoms with Gasteiger partial charge in [-0.1, -0.05) is 5.57 Å². The molecule has 0 aliphatic carbocycles. The van der Waals surface area contributed by atoms with Crippen molar-refractivity contribution in [2.45, 2.75) is 18.7 Å². The van der Waals surface area contributed by atoms with Crippen LogP contribution < -0.4 is 10.5 Å². The zero-order chi connectivity index (χ0) is 12.8. The highest BCUT2D eigenvalue weighted by atomic mass is 32.2. The number of rotatable bonds is 1. The monoisotopic (exact) mass is 252 g/mol. The third kappa shape index (κ3) is 1.96. The predicted molar refractivity (Wildman–Crippen MR) is 64.7 cm³/mol. The van der Waals surface area contributed by atoms with E-state index in [1.807, 2.05) is 0 Å². The molecule has 0 radical (unpaired) electrons. The van der Waals surface area contributed by atoms with Gasteiger partial charge >= 0.3 is 0 Å². The number of nitrogens with one attached hydrogen (secondary N) is 1. The van der Waals surface area contributed by atoms with Crippen LogP contribution in [0.15, 0.2) is 28.7 Å². The van der Waals surface area contributed by atoms with Gasteiger partial charge in [-0.05, 0) is 32.0 Å². The number of carbonyl (C=O) groups excluding carboxylic acids is 1. The summed E-state index contributed by atoms with van der Waals surface area (Å²) in [7, 11) is -3.75. The molecule has 2 rings (SSSR count). The van der Waals surface area contributed by atoms with Gasteiger partial charge in [0.2, 0.25) is 10.0 Å². The SMILES string of the molecule is CC(C)=C1C(=O)Nc2ccc(S(N)(=O)=O)cc21. The standard InChI is InChI=1S/C11H12N2O3S/c1-6(2)10-8-5-7(17(12,15)16)3-4-9(8)13-11(10)14/h3-5H,1-2H3,(H,13,14)(H2,12,15,16). The number of hydrogen-bond donors (Lipinski definition) is 2. The van der Waals surface area contributed by atoms with E-state index in [0.29, 0.717) is 16.8 Å². The van der Waals surface area contributed by atoms with Crippen molar-refractivity contribution in [3.05, 3.63) is 29.3 Å². The quantitative estimate of drug-likeness (QED) is 0.733. The van der Waals surface area contributed by atoms with Gasteiger partial charge in [0.05, 0.1) is 4.90 Å². The molecule has 0 saturated heterocycles. The molecule has 0 atom stereocenters. The Hall–Kier alpha value is -1.66. The van der Waals surface area contributed by atoms with Crippen molar-refractivity contribution >= 4 is 27.2 Å². The maximum atomic E-state index is 11.7. The largest absolute Gasteiger partial charge is 0.321 e. The Morgan fingerprint density at radius 3 is 2.47 bits per heavy atom. The average molecular weight is 252 g/mol. The minimum absolute atomic E-state index is 0.00602. The lowest BCUT2D eigenvalue weighted by molar-refractivity contribution is -0.110. The maximum absolute atomic E-state index is 11.7. The number of amides is 1. The molecule has 1 aliphatic heterocycles. The van der Waals surface area contributed by atoms with Gasteiger partial charge in [-0.25, -0.2) is 13.6 Å². The highest BCUT2D eigenvalue weighted by molar-refractivity contribution is 7.89. The first-order chi connectivity index (χ1) is 7.80. The van der Waals surface area contributed by atoms with E-state index in [9.17, 15) is 13.2 Å². The van der Waals surface area contributed by atoms with E-state index < -0.39 is 10.0 Å². The van der Waals surface area contributed by atoms with Crippen LogP contribution in [-0.2, 0) is 14.8 Å². The number of allylic oxidation sites excluding steroid dienone is 1. The molecule has 1 aliphatic rings. The van der Waals surface area contributed by atoms with Gasteiger partial charge in [0.15, 0.2) is 0 Å². The van der Waals surface area contributed by atoms with Crippen molar-refractivity contribution < 1.29 is 13.2 Å². The van der Waals surface area contributed by atoms with Gasteiger partial charge in [0.25, 0.3) is 5.91 Å². The summed E-state index contributed by atoms with van der Waals surface area (Å²) in [6, 6.07) is 4.34. The van der Waals surface area contributed by atoms with Crippen LogP contribution >= 0.6 is 0 Å². The molecule has 0 spiro atoms. The number of anilines is 1. The molecule has 1 heterocycles. The summed E-state index contributed by atoms with van der Waals surface area (Å²) in [5.74, 6) is -0.216. The Kier molecular flexibility index (Phi) is 2.56. The van der Waals surface area contributed by atoms with E-state index >= 15 is 0 Å². The normalized spacial score (nSPS) is 14.5. The van der Waals surface area contributed by atoms with Gasteiger partial charge < -0.3 is 5.32 Å². The van der Waals surface area contributed by atoms with Gasteiger partial charge in [-0.15, -0.1) is 0 Å². The summed E-state index contributed by atoms with van der Waals surface area (Å²) >= 11 is 0. The Morgan fingerprint density at radius 1 is 1.29 bits per heavy atom. The fourth-order valence-electron chi connectivity index (χ4n) is 1.82. The van der Waals surface area contributed by atoms with Crippen molar-refractivity contribution in [2.75, 3.05) is 5.32 Å². The molecule has 90 valence electrons. The summed E-state index contributed by atoms with van der Waals surface area (Å²) in [6.45, 7) is 3.60. The fourth-order valence-corrected chi connectivity index (χ4v) is 2.36. The maximum Gasteiger partial charge on any atom is 0.256 e. The number of hydrogen-bond acceptors (Lipinski definition) is 3. The van der Waals surface area contributed by atoms with E-state index in [-0.39, 0.29) is 10.8 Å². The number of primary sulfonamides is 1. The molecule has 1 aromatic rings. The number of benzene rings is 1. The van der Waals surface area contributed by atoms with Gasteiger partial charge in [0, 0.05) is 16.8 Å². The van der Waals surface area contributed by atoms with Crippen molar-refractivity contribution in [3.63, 3.8) is 0 Å². The van der Waals surface area contributed by atoms with Crippen LogP contribution in [0.25, 0.3) is 5.57 Å². The second-order valence-corrected chi connectivity index (χ2v) is 5.64. The molecule has 0 aromatic heterocycles. The zero-order valence-corrected chi connectivity index (χ0v) is 10.3. The Morgan fingerprint density at radius 2 is 1.94 bits per heavy atom. The second kappa shape index (κ2) is 3.68. The number of nitrogens with two attached hydrogens (primary N) is 1. The summed E-state index contributed by atoms with van der Waals surface area (Å²) in [6.07, 6.45) is 0. The van der Waals surface area contributed by atoms with Crippen LogP contribution in [0, 0.1) is 0 Å². The minimum atomic E-state index is -3.75. The van der Waals surface area contributed by atoms with E-state index in [1.54, 1.807) is 19.9 Å². The molecular formula is C11H12N2O3S. The Balaban J connectivity index is 2.70. The van der Waals surface area contributed by atoms with Crippen LogP contribution in [0.4, 0.5) is 5.69 Å². The van der Waals surface area contributed by atoms with E-state index in [1.165, 1.54) is 12.1 Å². The van der Waals surface area contributed by atoms with Crippen LogP contribution in [0.5, 0.6) is 0 Å². The molecule has 5 nitrogen and oxygen atoms in total. The number of carbonyl (C=O) groups is 1. The van der Waals surface area contributed by atoms with Crippen LogP contribution in [0.3, 0.4) is 0 Å². The third-order valence-electron chi connectivity index (χ3n) is 2.56. The molecule has 1 aromatic carbocycles. The van der Waals surface area contributed by atoms with Crippen molar-refractivity contribution in [1.82, 2.24) is 0 Å². The lowest BCUT2D eigenvalue weighted by Crippen LogP contribution is -2.12. The first-order valence-corrected chi connectivity index (χ1v) is 6.51. The molecule has 0 saturated carbocycles. The summed E-state index contributed by atoms with van der Waals surface area (Å²) < 4.78 is 22.5.